The van der Waals surface area contributed by atoms with E-state index < -0.39 is 0 Å². The number of pyridine rings is 1. The van der Waals surface area contributed by atoms with Gasteiger partial charge < -0.3 is 4.98 Å². The zero-order valence-electron chi connectivity index (χ0n) is 20.9. The number of para-hydroxylation sites is 1. The molecule has 0 unspecified atom stereocenters. The number of aromatic amines is 1. The Labute approximate surface area is 204 Å². The smallest absolute Gasteiger partial charge is 0.252 e. The predicted molar refractivity (Wildman–Crippen MR) is 138 cm³/mol. The lowest BCUT2D eigenvalue weighted by Gasteiger charge is -2.35. The number of aromatic nitrogens is 5. The van der Waals surface area contributed by atoms with Crippen LogP contribution in [0.15, 0.2) is 46.6 Å². The molecular weight excluding hydrogens is 444 g/mol. The van der Waals surface area contributed by atoms with Crippen LogP contribution in [0.2, 0.25) is 0 Å². The Hall–Kier alpha value is -2.84. The van der Waals surface area contributed by atoms with Gasteiger partial charge in [0.05, 0.1) is 17.1 Å². The van der Waals surface area contributed by atoms with Gasteiger partial charge in [-0.25, -0.2) is 4.68 Å². The number of aryl methyl sites for hydroxylation is 1. The first-order valence-electron chi connectivity index (χ1n) is 11.9. The minimum Gasteiger partial charge on any atom is -0.321 e. The molecule has 0 saturated carbocycles. The molecule has 3 heterocycles. The largest absolute Gasteiger partial charge is 0.321 e. The summed E-state index contributed by atoms with van der Waals surface area (Å²) in [4.78, 5) is 19.8. The molecule has 1 N–H and O–H groups in total. The van der Waals surface area contributed by atoms with E-state index in [9.17, 15) is 4.79 Å². The average Bonchev–Trinajstić information content (AvgIpc) is 3.48. The molecule has 0 fully saturated rings. The standard InChI is InChI=1S/C26H34N6OS/c1-7-26(5,6)32-24(28-29-30-32)23(17(2)3)31(16-21-12-9-13-34-21)15-20-14-19-11-8-10-18(4)22(19)27-25(20)33/h8-14,17,23H,7,15-16H2,1-6H3,(H,27,33)/t23-/m1/s1. The molecule has 4 aromatic rings. The summed E-state index contributed by atoms with van der Waals surface area (Å²) in [5.41, 5.74) is 2.45. The van der Waals surface area contributed by atoms with E-state index in [0.717, 1.165) is 34.3 Å². The lowest BCUT2D eigenvalue weighted by atomic mass is 9.97. The van der Waals surface area contributed by atoms with Crippen LogP contribution in [-0.2, 0) is 18.6 Å². The van der Waals surface area contributed by atoms with Crippen LogP contribution >= 0.6 is 11.3 Å². The molecule has 1 atom stereocenters. The van der Waals surface area contributed by atoms with E-state index in [2.05, 4.69) is 83.6 Å². The maximum absolute atomic E-state index is 13.1. The molecule has 34 heavy (non-hydrogen) atoms. The van der Waals surface area contributed by atoms with Gasteiger partial charge in [0.2, 0.25) is 0 Å². The summed E-state index contributed by atoms with van der Waals surface area (Å²) in [7, 11) is 0. The van der Waals surface area contributed by atoms with Gasteiger partial charge in [-0.1, -0.05) is 45.0 Å². The van der Waals surface area contributed by atoms with Crippen LogP contribution in [0.5, 0.6) is 0 Å². The summed E-state index contributed by atoms with van der Waals surface area (Å²) in [5.74, 6) is 1.07. The molecule has 0 spiro atoms. The first kappa shape index (κ1) is 24.3. The normalized spacial score (nSPS) is 13.3. The second-order valence-electron chi connectivity index (χ2n) is 9.95. The highest BCUT2D eigenvalue weighted by Gasteiger charge is 2.34. The van der Waals surface area contributed by atoms with Gasteiger partial charge in [0.15, 0.2) is 5.82 Å². The number of fused-ring (bicyclic) bond motifs is 1. The molecule has 1 aromatic carbocycles. The third-order valence-electron chi connectivity index (χ3n) is 6.70. The SMILES string of the molecule is CCC(C)(C)n1nnnc1[C@@H](C(C)C)N(Cc1cccs1)Cc1cc2cccc(C)c2[nH]c1=O. The molecule has 4 rings (SSSR count). The quantitative estimate of drug-likeness (QED) is 0.347. The van der Waals surface area contributed by atoms with E-state index in [1.54, 1.807) is 11.3 Å². The van der Waals surface area contributed by atoms with Gasteiger partial charge in [-0.05, 0) is 72.0 Å². The van der Waals surface area contributed by atoms with E-state index >= 15 is 0 Å². The van der Waals surface area contributed by atoms with E-state index in [4.69, 9.17) is 0 Å². The summed E-state index contributed by atoms with van der Waals surface area (Å²) in [6.07, 6.45) is 0.907. The molecular formula is C26H34N6OS. The fourth-order valence-electron chi connectivity index (χ4n) is 4.46. The van der Waals surface area contributed by atoms with Gasteiger partial charge in [0, 0.05) is 23.5 Å². The molecule has 0 bridgehead atoms. The molecule has 0 saturated heterocycles. The Balaban J connectivity index is 1.80. The number of tetrazole rings is 1. The monoisotopic (exact) mass is 478 g/mol. The summed E-state index contributed by atoms with van der Waals surface area (Å²) in [6, 6.07) is 12.3. The fraction of sp³-hybridized carbons (Fsp3) is 0.462. The Morgan fingerprint density at radius 2 is 1.97 bits per heavy atom. The van der Waals surface area contributed by atoms with Crippen LogP contribution in [0, 0.1) is 12.8 Å². The highest BCUT2D eigenvalue weighted by atomic mass is 32.1. The number of H-pyrrole nitrogens is 1. The van der Waals surface area contributed by atoms with Gasteiger partial charge in [-0.3, -0.25) is 9.69 Å². The first-order chi connectivity index (χ1) is 16.2. The maximum atomic E-state index is 13.1. The lowest BCUT2D eigenvalue weighted by Crippen LogP contribution is -2.38. The van der Waals surface area contributed by atoms with Crippen molar-refractivity contribution in [3.05, 3.63) is 74.0 Å². The van der Waals surface area contributed by atoms with Gasteiger partial charge >= 0.3 is 0 Å². The predicted octanol–water partition coefficient (Wildman–Crippen LogP) is 5.43. The van der Waals surface area contributed by atoms with Crippen molar-refractivity contribution >= 4 is 22.2 Å². The van der Waals surface area contributed by atoms with Crippen molar-refractivity contribution in [3.63, 3.8) is 0 Å². The number of hydrogen-bond donors (Lipinski definition) is 1. The van der Waals surface area contributed by atoms with Crippen molar-refractivity contribution in [2.75, 3.05) is 0 Å². The zero-order valence-corrected chi connectivity index (χ0v) is 21.7. The third kappa shape index (κ3) is 4.83. The topological polar surface area (TPSA) is 79.7 Å². The van der Waals surface area contributed by atoms with Crippen molar-refractivity contribution in [1.82, 2.24) is 30.1 Å². The van der Waals surface area contributed by atoms with E-state index in [1.165, 1.54) is 4.88 Å². The van der Waals surface area contributed by atoms with Crippen LogP contribution in [-0.4, -0.2) is 30.1 Å². The van der Waals surface area contributed by atoms with E-state index in [0.29, 0.717) is 13.1 Å². The molecule has 180 valence electrons. The number of benzene rings is 1. The number of nitrogens with zero attached hydrogens (tertiary/aromatic N) is 5. The average molecular weight is 479 g/mol. The van der Waals surface area contributed by atoms with E-state index in [1.807, 2.05) is 29.8 Å². The van der Waals surface area contributed by atoms with Gasteiger partial charge in [-0.15, -0.1) is 16.4 Å². The number of hydrogen-bond acceptors (Lipinski definition) is 6. The maximum Gasteiger partial charge on any atom is 0.252 e. The van der Waals surface area contributed by atoms with Crippen LogP contribution < -0.4 is 5.56 Å². The molecule has 7 nitrogen and oxygen atoms in total. The Bertz CT molecular complexity index is 1300. The van der Waals surface area contributed by atoms with Gasteiger partial charge in [-0.2, -0.15) is 0 Å². The summed E-state index contributed by atoms with van der Waals surface area (Å²) < 4.78 is 1.97. The van der Waals surface area contributed by atoms with Crippen molar-refractivity contribution in [3.8, 4) is 0 Å². The van der Waals surface area contributed by atoms with Crippen molar-refractivity contribution < 1.29 is 0 Å². The highest BCUT2D eigenvalue weighted by Crippen LogP contribution is 2.33. The molecule has 0 radical (unpaired) electrons. The third-order valence-corrected chi connectivity index (χ3v) is 7.56. The summed E-state index contributed by atoms with van der Waals surface area (Å²) in [5, 5.41) is 16.1. The number of nitrogens with one attached hydrogen (secondary N) is 1. The van der Waals surface area contributed by atoms with Crippen LogP contribution in [0.1, 0.15) is 68.9 Å². The number of rotatable bonds is 9. The Kier molecular flexibility index (Phi) is 7.00. The van der Waals surface area contributed by atoms with E-state index in [-0.39, 0.29) is 23.1 Å². The summed E-state index contributed by atoms with van der Waals surface area (Å²) >= 11 is 1.73. The van der Waals surface area contributed by atoms with Crippen molar-refractivity contribution in [1.29, 1.82) is 0 Å². The van der Waals surface area contributed by atoms with Crippen LogP contribution in [0.25, 0.3) is 10.9 Å². The molecule has 0 aliphatic rings. The highest BCUT2D eigenvalue weighted by molar-refractivity contribution is 7.09. The molecule has 0 amide bonds. The first-order valence-corrected chi connectivity index (χ1v) is 12.8. The fourth-order valence-corrected chi connectivity index (χ4v) is 5.19. The lowest BCUT2D eigenvalue weighted by molar-refractivity contribution is 0.119. The molecule has 0 aliphatic heterocycles. The van der Waals surface area contributed by atoms with Crippen LogP contribution in [0.4, 0.5) is 0 Å². The zero-order chi connectivity index (χ0) is 24.5. The Morgan fingerprint density at radius 1 is 1.18 bits per heavy atom. The number of thiophene rings is 1. The van der Waals surface area contributed by atoms with Gasteiger partial charge in [0.25, 0.3) is 5.56 Å². The molecule has 0 aliphatic carbocycles. The van der Waals surface area contributed by atoms with Gasteiger partial charge in [0.1, 0.15) is 0 Å². The second kappa shape index (κ2) is 9.80. The molecule has 8 heteroatoms. The summed E-state index contributed by atoms with van der Waals surface area (Å²) in [6.45, 7) is 14.1. The second-order valence-corrected chi connectivity index (χ2v) is 11.0. The minimum absolute atomic E-state index is 0.0473. The van der Waals surface area contributed by atoms with Crippen LogP contribution in [0.3, 0.4) is 0 Å². The minimum atomic E-state index is -0.210. The Morgan fingerprint density at radius 3 is 2.65 bits per heavy atom. The molecule has 3 aromatic heterocycles. The van der Waals surface area contributed by atoms with Crippen molar-refractivity contribution in [2.24, 2.45) is 5.92 Å². The van der Waals surface area contributed by atoms with Crippen molar-refractivity contribution in [2.45, 2.75) is 72.6 Å².